The van der Waals surface area contributed by atoms with E-state index in [2.05, 4.69) is 19.9 Å². The highest BCUT2D eigenvalue weighted by Crippen LogP contribution is 2.34. The summed E-state index contributed by atoms with van der Waals surface area (Å²) in [5.74, 6) is -1.59. The molecule has 0 saturated heterocycles. The van der Waals surface area contributed by atoms with Crippen LogP contribution in [0.1, 0.15) is 10.5 Å². The van der Waals surface area contributed by atoms with Crippen LogP contribution in [-0.2, 0) is 4.74 Å². The lowest BCUT2D eigenvalue weighted by atomic mass is 10.1. The van der Waals surface area contributed by atoms with Gasteiger partial charge in [0.05, 0.1) is 29.5 Å². The molecule has 0 radical (unpaired) electrons. The first-order valence-electron chi connectivity index (χ1n) is 6.19. The fourth-order valence-electron chi connectivity index (χ4n) is 2.15. The summed E-state index contributed by atoms with van der Waals surface area (Å²) in [4.78, 5) is 15.7. The van der Waals surface area contributed by atoms with Crippen molar-refractivity contribution in [1.29, 1.82) is 0 Å². The first kappa shape index (κ1) is 14.3. The lowest BCUT2D eigenvalue weighted by Gasteiger charge is -2.11. The second kappa shape index (κ2) is 5.27. The van der Waals surface area contributed by atoms with Crippen LogP contribution in [0.15, 0.2) is 24.4 Å². The van der Waals surface area contributed by atoms with Crippen LogP contribution in [0, 0.1) is 5.82 Å². The van der Waals surface area contributed by atoms with Crippen molar-refractivity contribution in [1.82, 2.24) is 15.2 Å². The summed E-state index contributed by atoms with van der Waals surface area (Å²) >= 11 is 5.88. The number of benzene rings is 1. The molecule has 2 aromatic heterocycles. The molecular weight excluding hydrogens is 311 g/mol. The third kappa shape index (κ3) is 2.06. The van der Waals surface area contributed by atoms with Crippen molar-refractivity contribution in [3.8, 4) is 11.3 Å². The topological polar surface area (TPSA) is 93.9 Å². The maximum Gasteiger partial charge on any atom is 0.358 e. The maximum absolute atomic E-state index is 14.5. The number of esters is 1. The van der Waals surface area contributed by atoms with Gasteiger partial charge in [-0.1, -0.05) is 23.7 Å². The Morgan fingerprint density at radius 1 is 1.45 bits per heavy atom. The van der Waals surface area contributed by atoms with Gasteiger partial charge in [0.2, 0.25) is 0 Å². The van der Waals surface area contributed by atoms with Crippen LogP contribution >= 0.6 is 11.6 Å². The van der Waals surface area contributed by atoms with E-state index in [1.165, 1.54) is 13.3 Å². The number of nitrogen functional groups attached to an aromatic ring is 1. The summed E-state index contributed by atoms with van der Waals surface area (Å²) in [7, 11) is 1.18. The third-order valence-electron chi connectivity index (χ3n) is 3.23. The number of nitrogens with zero attached hydrogens (tertiary/aromatic N) is 2. The Labute approximate surface area is 129 Å². The van der Waals surface area contributed by atoms with Crippen molar-refractivity contribution >= 4 is 34.2 Å². The van der Waals surface area contributed by atoms with Crippen LogP contribution in [0.25, 0.3) is 22.2 Å². The van der Waals surface area contributed by atoms with E-state index in [0.29, 0.717) is 16.5 Å². The van der Waals surface area contributed by atoms with Crippen LogP contribution in [0.3, 0.4) is 0 Å². The standard InChI is InChI=1S/C14H10ClFN4O2/c1-22-14(21)13-9(15)11(17)10(16)12(19-13)6-3-2-4-8-7(6)5-18-20-8/h2-5H,1H3,(H2,17,19)(H,18,20). The molecule has 0 saturated carbocycles. The van der Waals surface area contributed by atoms with Crippen molar-refractivity contribution in [2.75, 3.05) is 12.8 Å². The Hall–Kier alpha value is -2.67. The molecule has 3 N–H and O–H groups in total. The molecule has 0 atom stereocenters. The van der Waals surface area contributed by atoms with Crippen molar-refractivity contribution in [3.63, 3.8) is 0 Å². The van der Waals surface area contributed by atoms with E-state index in [0.717, 1.165) is 0 Å². The van der Waals surface area contributed by atoms with Crippen LogP contribution in [0.5, 0.6) is 0 Å². The predicted molar refractivity (Wildman–Crippen MR) is 80.0 cm³/mol. The largest absolute Gasteiger partial charge is 0.464 e. The van der Waals surface area contributed by atoms with Gasteiger partial charge < -0.3 is 10.5 Å². The zero-order valence-electron chi connectivity index (χ0n) is 11.4. The number of H-pyrrole nitrogens is 1. The van der Waals surface area contributed by atoms with Gasteiger partial charge >= 0.3 is 5.97 Å². The molecule has 0 spiro atoms. The Kier molecular flexibility index (Phi) is 3.42. The molecule has 3 aromatic rings. The van der Waals surface area contributed by atoms with Gasteiger partial charge in [-0.3, -0.25) is 5.10 Å². The second-order valence-electron chi connectivity index (χ2n) is 4.48. The Bertz CT molecular complexity index is 894. The summed E-state index contributed by atoms with van der Waals surface area (Å²) in [5.41, 5.74) is 6.12. The van der Waals surface area contributed by atoms with Gasteiger partial charge in [-0.05, 0) is 6.07 Å². The molecule has 1 aromatic carbocycles. The SMILES string of the molecule is COC(=O)c1nc(-c2cccc3[nH]ncc23)c(F)c(N)c1Cl. The van der Waals surface area contributed by atoms with Gasteiger partial charge in [0.25, 0.3) is 0 Å². The average molecular weight is 321 g/mol. The summed E-state index contributed by atoms with van der Waals surface area (Å²) in [5, 5.41) is 7.06. The zero-order chi connectivity index (χ0) is 15.9. The quantitative estimate of drug-likeness (QED) is 0.708. The summed E-state index contributed by atoms with van der Waals surface area (Å²) in [6, 6.07) is 5.14. The molecule has 6 nitrogen and oxygen atoms in total. The average Bonchev–Trinajstić information content (AvgIpc) is 3.01. The van der Waals surface area contributed by atoms with Crippen molar-refractivity contribution in [2.24, 2.45) is 0 Å². The summed E-state index contributed by atoms with van der Waals surface area (Å²) in [6.07, 6.45) is 1.54. The number of fused-ring (bicyclic) bond motifs is 1. The molecule has 0 aliphatic carbocycles. The van der Waals surface area contributed by atoms with E-state index in [1.807, 2.05) is 0 Å². The lowest BCUT2D eigenvalue weighted by molar-refractivity contribution is 0.0594. The second-order valence-corrected chi connectivity index (χ2v) is 4.86. The number of ether oxygens (including phenoxy) is 1. The highest BCUT2D eigenvalue weighted by atomic mass is 35.5. The minimum atomic E-state index is -0.800. The van der Waals surface area contributed by atoms with Crippen LogP contribution < -0.4 is 5.73 Å². The predicted octanol–water partition coefficient (Wildman–Crippen LogP) is 2.79. The van der Waals surface area contributed by atoms with Gasteiger partial charge in [-0.15, -0.1) is 0 Å². The Morgan fingerprint density at radius 2 is 2.23 bits per heavy atom. The Morgan fingerprint density at radius 3 is 2.95 bits per heavy atom. The molecule has 3 rings (SSSR count). The minimum absolute atomic E-state index is 0.0886. The van der Waals surface area contributed by atoms with Gasteiger partial charge in [0.15, 0.2) is 11.5 Å². The minimum Gasteiger partial charge on any atom is -0.464 e. The van der Waals surface area contributed by atoms with Gasteiger partial charge in [-0.2, -0.15) is 5.10 Å². The molecule has 8 heteroatoms. The number of hydrogen-bond donors (Lipinski definition) is 2. The molecule has 0 unspecified atom stereocenters. The summed E-state index contributed by atoms with van der Waals surface area (Å²) < 4.78 is 19.1. The number of pyridine rings is 1. The van der Waals surface area contributed by atoms with Crippen molar-refractivity contribution in [3.05, 3.63) is 40.9 Å². The number of methoxy groups -OCH3 is 1. The molecule has 2 heterocycles. The third-order valence-corrected chi connectivity index (χ3v) is 3.61. The molecule has 0 fully saturated rings. The van der Waals surface area contributed by atoms with Crippen molar-refractivity contribution in [2.45, 2.75) is 0 Å². The van der Waals surface area contributed by atoms with Gasteiger partial charge in [0.1, 0.15) is 5.69 Å². The summed E-state index contributed by atoms with van der Waals surface area (Å²) in [6.45, 7) is 0. The van der Waals surface area contributed by atoms with E-state index in [1.54, 1.807) is 18.2 Å². The first-order chi connectivity index (χ1) is 10.5. The molecule has 0 amide bonds. The molecular formula is C14H10ClFN4O2. The first-order valence-corrected chi connectivity index (χ1v) is 6.57. The van der Waals surface area contributed by atoms with Gasteiger partial charge in [-0.25, -0.2) is 14.2 Å². The van der Waals surface area contributed by atoms with Crippen LogP contribution in [-0.4, -0.2) is 28.3 Å². The van der Waals surface area contributed by atoms with E-state index >= 15 is 0 Å². The fourth-order valence-corrected chi connectivity index (χ4v) is 2.35. The number of anilines is 1. The maximum atomic E-state index is 14.5. The highest BCUT2D eigenvalue weighted by molar-refractivity contribution is 6.35. The number of aromatic nitrogens is 3. The van der Waals surface area contributed by atoms with Crippen LogP contribution in [0.4, 0.5) is 10.1 Å². The molecule has 112 valence electrons. The van der Waals surface area contributed by atoms with E-state index in [9.17, 15) is 9.18 Å². The number of hydrogen-bond acceptors (Lipinski definition) is 5. The van der Waals surface area contributed by atoms with E-state index in [-0.39, 0.29) is 22.1 Å². The number of rotatable bonds is 2. The number of carbonyl (C=O) groups excluding carboxylic acids is 1. The lowest BCUT2D eigenvalue weighted by Crippen LogP contribution is -2.10. The van der Waals surface area contributed by atoms with Gasteiger partial charge in [0, 0.05) is 10.9 Å². The fraction of sp³-hybridized carbons (Fsp3) is 0.0714. The van der Waals surface area contributed by atoms with E-state index < -0.39 is 11.8 Å². The van der Waals surface area contributed by atoms with Crippen molar-refractivity contribution < 1.29 is 13.9 Å². The monoisotopic (exact) mass is 320 g/mol. The number of carbonyl (C=O) groups is 1. The van der Waals surface area contributed by atoms with Crippen LogP contribution in [0.2, 0.25) is 5.02 Å². The Balaban J connectivity index is 2.33. The zero-order valence-corrected chi connectivity index (χ0v) is 12.1. The highest BCUT2D eigenvalue weighted by Gasteiger charge is 2.23. The van der Waals surface area contributed by atoms with E-state index in [4.69, 9.17) is 17.3 Å². The normalized spacial score (nSPS) is 10.9. The number of halogens is 2. The molecule has 0 aliphatic rings. The molecule has 0 aliphatic heterocycles. The molecule has 0 bridgehead atoms. The molecule has 22 heavy (non-hydrogen) atoms. The smallest absolute Gasteiger partial charge is 0.358 e. The number of aromatic amines is 1. The number of nitrogens with two attached hydrogens (primary N) is 1. The number of nitrogens with one attached hydrogen (secondary N) is 1.